The monoisotopic (exact) mass is 417 g/mol. The van der Waals surface area contributed by atoms with Crippen LogP contribution >= 0.6 is 23.2 Å². The third-order valence-corrected chi connectivity index (χ3v) is 5.11. The average Bonchev–Trinajstić information content (AvgIpc) is 3.07. The number of benzene rings is 2. The molecule has 1 heterocycles. The minimum absolute atomic E-state index is 0.147. The Labute approximate surface area is 174 Å². The maximum absolute atomic E-state index is 12.5. The molecule has 5 nitrogen and oxygen atoms in total. The molecule has 1 aromatic heterocycles. The summed E-state index contributed by atoms with van der Waals surface area (Å²) in [5, 5.41) is 8.14. The maximum Gasteiger partial charge on any atom is 0.251 e. The molecule has 146 valence electrons. The molecule has 0 fully saturated rings. The fourth-order valence-electron chi connectivity index (χ4n) is 2.73. The SMILES string of the molecule is CCn1cc(CNC(=O)c2cccc(COc3cccc(Cl)c3Cl)c2)c(C)n1. The van der Waals surface area contributed by atoms with Crippen LogP contribution in [-0.2, 0) is 19.7 Å². The third-order valence-electron chi connectivity index (χ3n) is 4.31. The van der Waals surface area contributed by atoms with Crippen LogP contribution in [0, 0.1) is 6.92 Å². The summed E-state index contributed by atoms with van der Waals surface area (Å²) in [6, 6.07) is 12.5. The van der Waals surface area contributed by atoms with E-state index in [4.69, 9.17) is 27.9 Å². The lowest BCUT2D eigenvalue weighted by molar-refractivity contribution is 0.0950. The van der Waals surface area contributed by atoms with E-state index < -0.39 is 0 Å². The molecule has 0 saturated carbocycles. The van der Waals surface area contributed by atoms with Crippen molar-refractivity contribution in [1.29, 1.82) is 0 Å². The molecular weight excluding hydrogens is 397 g/mol. The van der Waals surface area contributed by atoms with Crippen molar-refractivity contribution >= 4 is 29.1 Å². The predicted molar refractivity (Wildman–Crippen MR) is 111 cm³/mol. The molecule has 1 N–H and O–H groups in total. The molecule has 3 aromatic rings. The van der Waals surface area contributed by atoms with Crippen molar-refractivity contribution in [3.05, 3.63) is 81.1 Å². The Balaban J connectivity index is 1.62. The number of hydrogen-bond acceptors (Lipinski definition) is 3. The number of aryl methyl sites for hydroxylation is 2. The van der Waals surface area contributed by atoms with E-state index in [0.29, 0.717) is 27.9 Å². The van der Waals surface area contributed by atoms with Crippen LogP contribution in [0.4, 0.5) is 0 Å². The van der Waals surface area contributed by atoms with Crippen molar-refractivity contribution in [2.75, 3.05) is 0 Å². The molecule has 0 aliphatic heterocycles. The van der Waals surface area contributed by atoms with Crippen molar-refractivity contribution in [2.24, 2.45) is 0 Å². The van der Waals surface area contributed by atoms with Crippen LogP contribution in [0.2, 0.25) is 10.0 Å². The second kappa shape index (κ2) is 9.13. The Morgan fingerprint density at radius 3 is 2.75 bits per heavy atom. The zero-order valence-electron chi connectivity index (χ0n) is 15.7. The van der Waals surface area contributed by atoms with E-state index in [1.54, 1.807) is 30.3 Å². The largest absolute Gasteiger partial charge is 0.487 e. The molecule has 0 radical (unpaired) electrons. The summed E-state index contributed by atoms with van der Waals surface area (Å²) >= 11 is 12.1. The number of nitrogens with zero attached hydrogens (tertiary/aromatic N) is 2. The molecule has 2 aromatic carbocycles. The van der Waals surface area contributed by atoms with Crippen molar-refractivity contribution in [3.8, 4) is 5.75 Å². The molecule has 7 heteroatoms. The summed E-state index contributed by atoms with van der Waals surface area (Å²) in [5.74, 6) is 0.360. The zero-order valence-corrected chi connectivity index (χ0v) is 17.2. The van der Waals surface area contributed by atoms with Gasteiger partial charge in [0.2, 0.25) is 0 Å². The van der Waals surface area contributed by atoms with E-state index in [1.165, 1.54) is 0 Å². The van der Waals surface area contributed by atoms with E-state index in [1.807, 2.05) is 36.9 Å². The summed E-state index contributed by atoms with van der Waals surface area (Å²) in [5.41, 5.74) is 3.35. The highest BCUT2D eigenvalue weighted by Crippen LogP contribution is 2.31. The minimum atomic E-state index is -0.147. The van der Waals surface area contributed by atoms with Gasteiger partial charge >= 0.3 is 0 Å². The van der Waals surface area contributed by atoms with Gasteiger partial charge in [-0.05, 0) is 43.7 Å². The van der Waals surface area contributed by atoms with E-state index in [9.17, 15) is 4.79 Å². The Morgan fingerprint density at radius 1 is 1.21 bits per heavy atom. The van der Waals surface area contributed by atoms with E-state index in [-0.39, 0.29) is 12.5 Å². The average molecular weight is 418 g/mol. The number of rotatable bonds is 7. The van der Waals surface area contributed by atoms with Gasteiger partial charge in [-0.2, -0.15) is 5.10 Å². The van der Waals surface area contributed by atoms with E-state index in [0.717, 1.165) is 23.4 Å². The van der Waals surface area contributed by atoms with Crippen LogP contribution in [0.1, 0.15) is 34.1 Å². The number of ether oxygens (including phenoxy) is 1. The second-order valence-electron chi connectivity index (χ2n) is 6.32. The van der Waals surface area contributed by atoms with Gasteiger partial charge in [-0.25, -0.2) is 0 Å². The molecule has 3 rings (SSSR count). The fourth-order valence-corrected chi connectivity index (χ4v) is 3.08. The van der Waals surface area contributed by atoms with Gasteiger partial charge in [-0.1, -0.05) is 41.4 Å². The van der Waals surface area contributed by atoms with Crippen LogP contribution in [0.25, 0.3) is 0 Å². The lowest BCUT2D eigenvalue weighted by Gasteiger charge is -2.10. The lowest BCUT2D eigenvalue weighted by atomic mass is 10.1. The van der Waals surface area contributed by atoms with Crippen LogP contribution < -0.4 is 10.1 Å². The Bertz CT molecular complexity index is 986. The molecule has 28 heavy (non-hydrogen) atoms. The van der Waals surface area contributed by atoms with Crippen LogP contribution in [0.5, 0.6) is 5.75 Å². The highest BCUT2D eigenvalue weighted by atomic mass is 35.5. The minimum Gasteiger partial charge on any atom is -0.487 e. The van der Waals surface area contributed by atoms with Crippen LogP contribution in [0.15, 0.2) is 48.7 Å². The zero-order chi connectivity index (χ0) is 20.1. The van der Waals surface area contributed by atoms with Gasteiger partial charge in [0.1, 0.15) is 17.4 Å². The highest BCUT2D eigenvalue weighted by Gasteiger charge is 2.10. The van der Waals surface area contributed by atoms with Gasteiger partial charge in [0.15, 0.2) is 0 Å². The molecule has 1 amide bonds. The van der Waals surface area contributed by atoms with Crippen LogP contribution in [0.3, 0.4) is 0 Å². The quantitative estimate of drug-likeness (QED) is 0.586. The highest BCUT2D eigenvalue weighted by molar-refractivity contribution is 6.42. The lowest BCUT2D eigenvalue weighted by Crippen LogP contribution is -2.23. The number of nitrogens with one attached hydrogen (secondary N) is 1. The normalized spacial score (nSPS) is 10.7. The second-order valence-corrected chi connectivity index (χ2v) is 7.10. The molecule has 0 atom stereocenters. The van der Waals surface area contributed by atoms with Gasteiger partial charge in [-0.15, -0.1) is 0 Å². The standard InChI is InChI=1S/C21H21Cl2N3O2/c1-3-26-12-17(14(2)25-26)11-24-21(27)16-7-4-6-15(10-16)13-28-19-9-5-8-18(22)20(19)23/h4-10,12H,3,11,13H2,1-2H3,(H,24,27). The number of hydrogen-bond donors (Lipinski definition) is 1. The number of aromatic nitrogens is 2. The van der Waals surface area contributed by atoms with Gasteiger partial charge in [0.25, 0.3) is 5.91 Å². The number of halogens is 2. The number of carbonyl (C=O) groups excluding carboxylic acids is 1. The van der Waals surface area contributed by atoms with Gasteiger partial charge in [0, 0.05) is 30.4 Å². The van der Waals surface area contributed by atoms with Crippen LogP contribution in [-0.4, -0.2) is 15.7 Å². The summed E-state index contributed by atoms with van der Waals surface area (Å²) in [6.45, 7) is 5.48. The first kappa shape index (κ1) is 20.2. The smallest absolute Gasteiger partial charge is 0.251 e. The Hall–Kier alpha value is -2.50. The molecule has 0 aliphatic carbocycles. The van der Waals surface area contributed by atoms with Crippen molar-refractivity contribution in [1.82, 2.24) is 15.1 Å². The molecule has 0 aliphatic rings. The predicted octanol–water partition coefficient (Wildman–Crippen LogP) is 5.03. The third kappa shape index (κ3) is 4.86. The first-order valence-corrected chi connectivity index (χ1v) is 9.70. The molecule has 0 unspecified atom stereocenters. The van der Waals surface area contributed by atoms with Gasteiger partial charge in [-0.3, -0.25) is 9.48 Å². The number of carbonyl (C=O) groups is 1. The summed E-state index contributed by atoms with van der Waals surface area (Å²) in [4.78, 5) is 12.5. The fraction of sp³-hybridized carbons (Fsp3) is 0.238. The molecule has 0 spiro atoms. The van der Waals surface area contributed by atoms with E-state index in [2.05, 4.69) is 10.4 Å². The molecule has 0 bridgehead atoms. The van der Waals surface area contributed by atoms with E-state index >= 15 is 0 Å². The van der Waals surface area contributed by atoms with Gasteiger partial charge < -0.3 is 10.1 Å². The first-order chi connectivity index (χ1) is 13.5. The van der Waals surface area contributed by atoms with Crippen molar-refractivity contribution < 1.29 is 9.53 Å². The Morgan fingerprint density at radius 2 is 2.00 bits per heavy atom. The Kier molecular flexibility index (Phi) is 6.60. The molecular formula is C21H21Cl2N3O2. The van der Waals surface area contributed by atoms with Gasteiger partial charge in [0.05, 0.1) is 10.7 Å². The number of amides is 1. The first-order valence-electron chi connectivity index (χ1n) is 8.94. The molecule has 0 saturated heterocycles. The maximum atomic E-state index is 12.5. The summed E-state index contributed by atoms with van der Waals surface area (Å²) < 4.78 is 7.60. The summed E-state index contributed by atoms with van der Waals surface area (Å²) in [7, 11) is 0. The van der Waals surface area contributed by atoms with Crippen molar-refractivity contribution in [3.63, 3.8) is 0 Å². The summed E-state index contributed by atoms with van der Waals surface area (Å²) in [6.07, 6.45) is 1.95. The van der Waals surface area contributed by atoms with Crippen molar-refractivity contribution in [2.45, 2.75) is 33.5 Å². The topological polar surface area (TPSA) is 56.2 Å².